The molecule has 2 aromatic rings. The van der Waals surface area contributed by atoms with Gasteiger partial charge in [-0.3, -0.25) is 9.36 Å². The van der Waals surface area contributed by atoms with Crippen LogP contribution in [0.2, 0.25) is 0 Å². The van der Waals surface area contributed by atoms with Crippen LogP contribution >= 0.6 is 7.60 Å². The molecule has 2 rings (SSSR count). The quantitative estimate of drug-likeness (QED) is 0.433. The maximum absolute atomic E-state index is 12.2. The third-order valence-electron chi connectivity index (χ3n) is 2.81. The van der Waals surface area contributed by atoms with Crippen LogP contribution in [0.3, 0.4) is 0 Å². The minimum Gasteiger partial charge on any atom is -0.468 e. The molecule has 0 aliphatic carbocycles. The molecule has 0 aliphatic rings. The predicted molar refractivity (Wildman–Crippen MR) is 75.7 cm³/mol. The zero-order valence-electron chi connectivity index (χ0n) is 10.8. The van der Waals surface area contributed by atoms with E-state index in [-0.39, 0.29) is 11.1 Å². The van der Waals surface area contributed by atoms with E-state index >= 15 is 0 Å². The first-order valence-electron chi connectivity index (χ1n) is 5.96. The SMILES string of the molecule is O=C(c1ccc(OCO)cc1)c1ccc(P(=O)(O)O)cc1. The van der Waals surface area contributed by atoms with Crippen molar-refractivity contribution in [1.29, 1.82) is 0 Å². The third-order valence-corrected chi connectivity index (χ3v) is 3.78. The number of aliphatic hydroxyl groups is 1. The molecule has 3 N–H and O–H groups in total. The fourth-order valence-electron chi connectivity index (χ4n) is 1.75. The van der Waals surface area contributed by atoms with E-state index < -0.39 is 14.4 Å². The number of rotatable bonds is 5. The zero-order chi connectivity index (χ0) is 15.5. The molecule has 0 saturated heterocycles. The van der Waals surface area contributed by atoms with Gasteiger partial charge in [0.15, 0.2) is 12.6 Å². The first kappa shape index (κ1) is 15.4. The maximum atomic E-state index is 12.2. The summed E-state index contributed by atoms with van der Waals surface area (Å²) in [5.74, 6) is 0.161. The second-order valence-corrected chi connectivity index (χ2v) is 5.82. The molecule has 0 fully saturated rings. The van der Waals surface area contributed by atoms with Crippen molar-refractivity contribution < 1.29 is 29.0 Å². The molecule has 0 aromatic heterocycles. The second kappa shape index (κ2) is 6.20. The fourth-order valence-corrected chi connectivity index (χ4v) is 2.29. The van der Waals surface area contributed by atoms with E-state index in [2.05, 4.69) is 0 Å². The van der Waals surface area contributed by atoms with Crippen LogP contribution in [-0.4, -0.2) is 27.5 Å². The lowest BCUT2D eigenvalue weighted by Crippen LogP contribution is -2.07. The lowest BCUT2D eigenvalue weighted by molar-refractivity contribution is 0.0985. The Kier molecular flexibility index (Phi) is 4.55. The summed E-state index contributed by atoms with van der Waals surface area (Å²) in [5, 5.41) is 8.48. The lowest BCUT2D eigenvalue weighted by Gasteiger charge is -2.06. The Hall–Kier alpha value is -1.98. The van der Waals surface area contributed by atoms with Gasteiger partial charge in [-0.1, -0.05) is 12.1 Å². The normalized spacial score (nSPS) is 11.2. The molecule has 0 aliphatic heterocycles. The molecule has 0 heterocycles. The molecule has 0 radical (unpaired) electrons. The Morgan fingerprint density at radius 3 is 1.86 bits per heavy atom. The molecule has 0 unspecified atom stereocenters. The molecule has 0 amide bonds. The maximum Gasteiger partial charge on any atom is 0.356 e. The number of hydrogen-bond acceptors (Lipinski definition) is 4. The van der Waals surface area contributed by atoms with Gasteiger partial charge in [0.1, 0.15) is 5.75 Å². The summed E-state index contributed by atoms with van der Waals surface area (Å²) in [4.78, 5) is 30.2. The van der Waals surface area contributed by atoms with E-state index in [0.29, 0.717) is 16.9 Å². The van der Waals surface area contributed by atoms with E-state index in [9.17, 15) is 9.36 Å². The Morgan fingerprint density at radius 2 is 1.43 bits per heavy atom. The van der Waals surface area contributed by atoms with Crippen LogP contribution in [0.1, 0.15) is 15.9 Å². The van der Waals surface area contributed by atoms with Crippen molar-refractivity contribution in [3.63, 3.8) is 0 Å². The molecule has 6 nitrogen and oxygen atoms in total. The van der Waals surface area contributed by atoms with Crippen molar-refractivity contribution in [3.05, 3.63) is 59.7 Å². The van der Waals surface area contributed by atoms with Gasteiger partial charge in [-0.05, 0) is 36.4 Å². The van der Waals surface area contributed by atoms with E-state index in [4.69, 9.17) is 19.6 Å². The van der Waals surface area contributed by atoms with E-state index in [1.54, 1.807) is 24.3 Å². The minimum absolute atomic E-state index is 0.134. The number of hydrogen-bond donors (Lipinski definition) is 3. The zero-order valence-corrected chi connectivity index (χ0v) is 11.7. The van der Waals surface area contributed by atoms with Crippen molar-refractivity contribution in [1.82, 2.24) is 0 Å². The van der Waals surface area contributed by atoms with Crippen LogP contribution in [0.25, 0.3) is 0 Å². The van der Waals surface area contributed by atoms with Gasteiger partial charge in [0.05, 0.1) is 5.30 Å². The highest BCUT2D eigenvalue weighted by molar-refractivity contribution is 7.60. The third kappa shape index (κ3) is 3.77. The van der Waals surface area contributed by atoms with Gasteiger partial charge in [-0.25, -0.2) is 0 Å². The molecular weight excluding hydrogens is 295 g/mol. The van der Waals surface area contributed by atoms with Gasteiger partial charge in [-0.2, -0.15) is 0 Å². The summed E-state index contributed by atoms with van der Waals surface area (Å²) in [7, 11) is -4.31. The summed E-state index contributed by atoms with van der Waals surface area (Å²) >= 11 is 0. The van der Waals surface area contributed by atoms with E-state index in [0.717, 1.165) is 0 Å². The van der Waals surface area contributed by atoms with E-state index in [1.165, 1.54) is 24.3 Å². The summed E-state index contributed by atoms with van der Waals surface area (Å²) in [6.45, 7) is -0.447. The van der Waals surface area contributed by atoms with Crippen LogP contribution in [0.15, 0.2) is 48.5 Å². The monoisotopic (exact) mass is 308 g/mol. The number of ketones is 1. The molecule has 110 valence electrons. The number of carbonyl (C=O) groups excluding carboxylic acids is 1. The van der Waals surface area contributed by atoms with E-state index in [1.807, 2.05) is 0 Å². The van der Waals surface area contributed by atoms with Crippen molar-refractivity contribution in [3.8, 4) is 5.75 Å². The molecule has 0 bridgehead atoms. The number of benzene rings is 2. The van der Waals surface area contributed by atoms with Crippen LogP contribution in [-0.2, 0) is 4.57 Å². The Labute approximate surface area is 120 Å². The van der Waals surface area contributed by atoms with Gasteiger partial charge in [0.2, 0.25) is 0 Å². The highest BCUT2D eigenvalue weighted by Crippen LogP contribution is 2.32. The molecule has 2 aromatic carbocycles. The summed E-state index contributed by atoms with van der Waals surface area (Å²) < 4.78 is 15.9. The van der Waals surface area contributed by atoms with Gasteiger partial charge in [-0.15, -0.1) is 0 Å². The van der Waals surface area contributed by atoms with Crippen molar-refractivity contribution in [2.75, 3.05) is 6.79 Å². The fraction of sp³-hybridized carbons (Fsp3) is 0.0714. The predicted octanol–water partition coefficient (Wildman–Crippen LogP) is 1.05. The highest BCUT2D eigenvalue weighted by atomic mass is 31.2. The van der Waals surface area contributed by atoms with Crippen molar-refractivity contribution >= 4 is 18.7 Å². The van der Waals surface area contributed by atoms with Gasteiger partial charge in [0.25, 0.3) is 0 Å². The van der Waals surface area contributed by atoms with Crippen LogP contribution in [0.5, 0.6) is 5.75 Å². The lowest BCUT2D eigenvalue weighted by atomic mass is 10.0. The highest BCUT2D eigenvalue weighted by Gasteiger charge is 2.17. The largest absolute Gasteiger partial charge is 0.468 e. The Morgan fingerprint density at radius 1 is 0.952 bits per heavy atom. The van der Waals surface area contributed by atoms with Gasteiger partial charge >= 0.3 is 7.60 Å². The smallest absolute Gasteiger partial charge is 0.356 e. The summed E-state index contributed by atoms with van der Waals surface area (Å²) in [5.41, 5.74) is 0.729. The molecule has 0 saturated carbocycles. The number of aliphatic hydroxyl groups excluding tert-OH is 1. The Bertz CT molecular complexity index is 672. The molecule has 7 heteroatoms. The molecular formula is C14H13O6P. The van der Waals surface area contributed by atoms with Gasteiger partial charge in [0, 0.05) is 11.1 Å². The summed E-state index contributed by atoms with van der Waals surface area (Å²) in [6.07, 6.45) is 0. The standard InChI is InChI=1S/C14H13O6P/c15-9-20-12-5-1-10(2-6-12)14(16)11-3-7-13(8-4-11)21(17,18)19/h1-8,15H,9H2,(H2,17,18,19). The van der Waals surface area contributed by atoms with Crippen LogP contribution < -0.4 is 10.0 Å². The Balaban J connectivity index is 2.21. The first-order chi connectivity index (χ1) is 9.91. The molecule has 21 heavy (non-hydrogen) atoms. The summed E-state index contributed by atoms with van der Waals surface area (Å²) in [6, 6.07) is 11.4. The number of carbonyl (C=O) groups is 1. The van der Waals surface area contributed by atoms with Crippen LogP contribution in [0.4, 0.5) is 0 Å². The van der Waals surface area contributed by atoms with Gasteiger partial charge < -0.3 is 19.6 Å². The molecule has 0 atom stereocenters. The first-order valence-corrected chi connectivity index (χ1v) is 7.57. The topological polar surface area (TPSA) is 104 Å². The van der Waals surface area contributed by atoms with Crippen molar-refractivity contribution in [2.45, 2.75) is 0 Å². The van der Waals surface area contributed by atoms with Crippen molar-refractivity contribution in [2.24, 2.45) is 0 Å². The minimum atomic E-state index is -4.31. The average molecular weight is 308 g/mol. The van der Waals surface area contributed by atoms with Crippen LogP contribution in [0, 0.1) is 0 Å². The second-order valence-electron chi connectivity index (χ2n) is 4.22. The molecule has 0 spiro atoms. The average Bonchev–Trinajstić information content (AvgIpc) is 2.47. The number of ether oxygens (including phenoxy) is 1.